The molecule has 1 fully saturated rings. The maximum absolute atomic E-state index is 12.5. The molecular formula is C19H27NO4. The van der Waals surface area contributed by atoms with Gasteiger partial charge in [0.05, 0.1) is 5.92 Å². The molecule has 24 heavy (non-hydrogen) atoms. The van der Waals surface area contributed by atoms with Crippen LogP contribution >= 0.6 is 0 Å². The van der Waals surface area contributed by atoms with Gasteiger partial charge in [-0.05, 0) is 52.0 Å². The lowest BCUT2D eigenvalue weighted by Crippen LogP contribution is -2.50. The fourth-order valence-electron chi connectivity index (χ4n) is 3.05. The molecule has 2 rings (SSSR count). The van der Waals surface area contributed by atoms with Crippen LogP contribution in [0.1, 0.15) is 45.6 Å². The van der Waals surface area contributed by atoms with Gasteiger partial charge in [-0.15, -0.1) is 0 Å². The monoisotopic (exact) mass is 333 g/mol. The second-order valence-corrected chi connectivity index (χ2v) is 7.42. The van der Waals surface area contributed by atoms with Gasteiger partial charge >= 0.3 is 12.1 Å². The maximum atomic E-state index is 12.5. The molecule has 1 saturated heterocycles. The van der Waals surface area contributed by atoms with Crippen molar-refractivity contribution in [3.05, 3.63) is 35.9 Å². The number of ether oxygens (including phenoxy) is 1. The van der Waals surface area contributed by atoms with Crippen LogP contribution in [-0.2, 0) is 16.0 Å². The third kappa shape index (κ3) is 5.25. The summed E-state index contributed by atoms with van der Waals surface area (Å²) < 4.78 is 5.48. The van der Waals surface area contributed by atoms with Gasteiger partial charge in [0, 0.05) is 12.6 Å². The van der Waals surface area contributed by atoms with Gasteiger partial charge < -0.3 is 14.7 Å². The summed E-state index contributed by atoms with van der Waals surface area (Å²) >= 11 is 0. The molecule has 0 saturated carbocycles. The summed E-state index contributed by atoms with van der Waals surface area (Å²) in [4.78, 5) is 25.5. The highest BCUT2D eigenvalue weighted by atomic mass is 16.6. The Morgan fingerprint density at radius 1 is 1.21 bits per heavy atom. The number of aryl methyl sites for hydroxylation is 1. The molecule has 1 aliphatic heterocycles. The Morgan fingerprint density at radius 2 is 1.88 bits per heavy atom. The number of carbonyl (C=O) groups is 2. The highest BCUT2D eigenvalue weighted by Crippen LogP contribution is 2.27. The normalized spacial score (nSPS) is 21.4. The van der Waals surface area contributed by atoms with Crippen LogP contribution in [0.3, 0.4) is 0 Å². The van der Waals surface area contributed by atoms with E-state index < -0.39 is 23.6 Å². The van der Waals surface area contributed by atoms with Gasteiger partial charge in [0.2, 0.25) is 0 Å². The van der Waals surface area contributed by atoms with Crippen LogP contribution in [0.4, 0.5) is 4.79 Å². The molecule has 1 aliphatic rings. The first-order chi connectivity index (χ1) is 11.3. The third-order valence-electron chi connectivity index (χ3n) is 4.29. The van der Waals surface area contributed by atoms with Crippen LogP contribution in [0.2, 0.25) is 0 Å². The highest BCUT2D eigenvalue weighted by molar-refractivity contribution is 5.73. The lowest BCUT2D eigenvalue weighted by atomic mass is 9.90. The molecule has 0 radical (unpaired) electrons. The zero-order valence-corrected chi connectivity index (χ0v) is 14.7. The Kier molecular flexibility index (Phi) is 5.86. The quantitative estimate of drug-likeness (QED) is 0.912. The third-order valence-corrected chi connectivity index (χ3v) is 4.29. The standard InChI is InChI=1S/C19H27NO4/c1-19(2,3)24-18(23)20-13-15(17(21)22)10-12-16(20)11-9-14-7-5-4-6-8-14/h4-8,15-16H,9-13H2,1-3H3,(H,21,22)/t15-,16+/m1/s1. The molecule has 2 atom stereocenters. The number of aliphatic carboxylic acids is 1. The number of hydrogen-bond acceptors (Lipinski definition) is 3. The molecule has 0 aromatic heterocycles. The van der Waals surface area contributed by atoms with Crippen LogP contribution in [-0.4, -0.2) is 40.3 Å². The van der Waals surface area contributed by atoms with Crippen molar-refractivity contribution >= 4 is 12.1 Å². The molecule has 0 spiro atoms. The Labute approximate surface area is 143 Å². The van der Waals surface area contributed by atoms with Gasteiger partial charge in [-0.2, -0.15) is 0 Å². The first-order valence-corrected chi connectivity index (χ1v) is 8.52. The van der Waals surface area contributed by atoms with Crippen LogP contribution in [0, 0.1) is 5.92 Å². The van der Waals surface area contributed by atoms with Gasteiger partial charge in [0.25, 0.3) is 0 Å². The van der Waals surface area contributed by atoms with E-state index in [0.717, 1.165) is 12.8 Å². The second-order valence-electron chi connectivity index (χ2n) is 7.42. The predicted octanol–water partition coefficient (Wildman–Crippen LogP) is 3.72. The molecule has 1 aromatic rings. The van der Waals surface area contributed by atoms with E-state index >= 15 is 0 Å². The van der Waals surface area contributed by atoms with Crippen molar-refractivity contribution < 1.29 is 19.4 Å². The van der Waals surface area contributed by atoms with E-state index in [-0.39, 0.29) is 12.6 Å². The molecule has 1 N–H and O–H groups in total. The van der Waals surface area contributed by atoms with Crippen LogP contribution in [0.25, 0.3) is 0 Å². The van der Waals surface area contributed by atoms with Gasteiger partial charge in [0.15, 0.2) is 0 Å². The summed E-state index contributed by atoms with van der Waals surface area (Å²) in [7, 11) is 0. The van der Waals surface area contributed by atoms with Gasteiger partial charge in [-0.1, -0.05) is 30.3 Å². The lowest BCUT2D eigenvalue weighted by Gasteiger charge is -2.39. The smallest absolute Gasteiger partial charge is 0.410 e. The average molecular weight is 333 g/mol. The largest absolute Gasteiger partial charge is 0.481 e. The molecule has 1 heterocycles. The number of carboxylic acids is 1. The zero-order chi connectivity index (χ0) is 17.7. The summed E-state index contributed by atoms with van der Waals surface area (Å²) in [6, 6.07) is 10.1. The molecule has 0 aliphatic carbocycles. The molecule has 0 unspecified atom stereocenters. The molecule has 5 nitrogen and oxygen atoms in total. The minimum absolute atomic E-state index is 0.0238. The summed E-state index contributed by atoms with van der Waals surface area (Å²) in [6.45, 7) is 5.69. The van der Waals surface area contributed by atoms with Crippen molar-refractivity contribution in [3.8, 4) is 0 Å². The first kappa shape index (κ1) is 18.3. The average Bonchev–Trinajstić information content (AvgIpc) is 2.52. The number of amides is 1. The molecule has 132 valence electrons. The number of piperidine rings is 1. The summed E-state index contributed by atoms with van der Waals surface area (Å²) in [6.07, 6.45) is 2.57. The van der Waals surface area contributed by atoms with E-state index in [4.69, 9.17) is 4.74 Å². The summed E-state index contributed by atoms with van der Waals surface area (Å²) in [5.41, 5.74) is 0.638. The van der Waals surface area contributed by atoms with Gasteiger partial charge in [-0.3, -0.25) is 4.79 Å². The molecular weight excluding hydrogens is 306 g/mol. The zero-order valence-electron chi connectivity index (χ0n) is 14.7. The minimum Gasteiger partial charge on any atom is -0.481 e. The molecule has 1 aromatic carbocycles. The van der Waals surface area contributed by atoms with E-state index in [9.17, 15) is 14.7 Å². The van der Waals surface area contributed by atoms with Crippen molar-refractivity contribution in [2.75, 3.05) is 6.54 Å². The van der Waals surface area contributed by atoms with Crippen molar-refractivity contribution in [1.82, 2.24) is 4.90 Å². The first-order valence-electron chi connectivity index (χ1n) is 8.52. The Bertz CT molecular complexity index is 564. The van der Waals surface area contributed by atoms with Crippen LogP contribution in [0.15, 0.2) is 30.3 Å². The minimum atomic E-state index is -0.843. The van der Waals surface area contributed by atoms with E-state index in [1.807, 2.05) is 39.0 Å². The second kappa shape index (κ2) is 7.69. The maximum Gasteiger partial charge on any atom is 0.410 e. The van der Waals surface area contributed by atoms with Crippen molar-refractivity contribution in [2.45, 2.75) is 58.1 Å². The molecule has 5 heteroatoms. The fourth-order valence-corrected chi connectivity index (χ4v) is 3.05. The van der Waals surface area contributed by atoms with Gasteiger partial charge in [0.1, 0.15) is 5.60 Å². The Balaban J connectivity index is 2.05. The van der Waals surface area contributed by atoms with Crippen molar-refractivity contribution in [3.63, 3.8) is 0 Å². The summed E-state index contributed by atoms with van der Waals surface area (Å²) in [5, 5.41) is 9.29. The molecule has 0 bridgehead atoms. The topological polar surface area (TPSA) is 66.8 Å². The summed E-state index contributed by atoms with van der Waals surface area (Å²) in [5.74, 6) is -1.35. The van der Waals surface area contributed by atoms with E-state index in [1.54, 1.807) is 4.90 Å². The molecule has 1 amide bonds. The number of carbonyl (C=O) groups excluding carboxylic acids is 1. The number of likely N-dealkylation sites (tertiary alicyclic amines) is 1. The van der Waals surface area contributed by atoms with E-state index in [0.29, 0.717) is 12.8 Å². The van der Waals surface area contributed by atoms with Crippen molar-refractivity contribution in [1.29, 1.82) is 0 Å². The lowest BCUT2D eigenvalue weighted by molar-refractivity contribution is -0.144. The predicted molar refractivity (Wildman–Crippen MR) is 91.9 cm³/mol. The van der Waals surface area contributed by atoms with Crippen molar-refractivity contribution in [2.24, 2.45) is 5.92 Å². The number of benzene rings is 1. The Hall–Kier alpha value is -2.04. The highest BCUT2D eigenvalue weighted by Gasteiger charge is 2.36. The SMILES string of the molecule is CC(C)(C)OC(=O)N1C[C@H](C(=O)O)CC[C@@H]1CCc1ccccc1. The van der Waals surface area contributed by atoms with E-state index in [2.05, 4.69) is 12.1 Å². The van der Waals surface area contributed by atoms with Gasteiger partial charge in [-0.25, -0.2) is 4.79 Å². The van der Waals surface area contributed by atoms with Crippen LogP contribution < -0.4 is 0 Å². The fraction of sp³-hybridized carbons (Fsp3) is 0.579. The number of carboxylic acid groups (broad SMARTS) is 1. The Morgan fingerprint density at radius 3 is 2.46 bits per heavy atom. The van der Waals surface area contributed by atoms with E-state index in [1.165, 1.54) is 5.56 Å². The number of hydrogen-bond donors (Lipinski definition) is 1. The number of nitrogens with zero attached hydrogens (tertiary/aromatic N) is 1. The number of rotatable bonds is 4. The van der Waals surface area contributed by atoms with Crippen LogP contribution in [0.5, 0.6) is 0 Å².